The van der Waals surface area contributed by atoms with Gasteiger partial charge in [0.25, 0.3) is 0 Å². The number of benzene rings is 2. The van der Waals surface area contributed by atoms with Gasteiger partial charge >= 0.3 is 0 Å². The predicted octanol–water partition coefficient (Wildman–Crippen LogP) is 4.14. The maximum atomic E-state index is 13.2. The van der Waals surface area contributed by atoms with Crippen LogP contribution in [0.25, 0.3) is 0 Å². The van der Waals surface area contributed by atoms with Gasteiger partial charge in [0.15, 0.2) is 0 Å². The Labute approximate surface area is 208 Å². The summed E-state index contributed by atoms with van der Waals surface area (Å²) in [5, 5.41) is 3.37. The van der Waals surface area contributed by atoms with E-state index in [1.807, 2.05) is 45.0 Å². The highest BCUT2D eigenvalue weighted by Crippen LogP contribution is 2.21. The molecule has 0 aromatic heterocycles. The molecule has 0 saturated carbocycles. The molecule has 0 heterocycles. The number of nitrogens with zero attached hydrogens (tertiary/aromatic N) is 2. The van der Waals surface area contributed by atoms with E-state index in [1.165, 1.54) is 4.31 Å². The lowest BCUT2D eigenvalue weighted by Gasteiger charge is -2.30. The molecule has 0 radical (unpaired) electrons. The van der Waals surface area contributed by atoms with E-state index in [4.69, 9.17) is 11.6 Å². The van der Waals surface area contributed by atoms with Crippen LogP contribution in [0.15, 0.2) is 48.5 Å². The Balaban J connectivity index is 2.16. The Morgan fingerprint density at radius 2 is 1.71 bits per heavy atom. The topological polar surface area (TPSA) is 86.8 Å². The van der Waals surface area contributed by atoms with Gasteiger partial charge in [0, 0.05) is 30.6 Å². The summed E-state index contributed by atoms with van der Waals surface area (Å²) in [6, 6.07) is 13.6. The summed E-state index contributed by atoms with van der Waals surface area (Å²) in [5.41, 5.74) is 2.48. The van der Waals surface area contributed by atoms with Crippen LogP contribution in [0, 0.1) is 6.92 Å². The Hall–Kier alpha value is -2.58. The van der Waals surface area contributed by atoms with Gasteiger partial charge in [-0.15, -0.1) is 0 Å². The van der Waals surface area contributed by atoms with Crippen molar-refractivity contribution in [1.29, 1.82) is 0 Å². The van der Waals surface area contributed by atoms with Gasteiger partial charge in [-0.25, -0.2) is 8.42 Å². The minimum atomic E-state index is -3.54. The molecule has 0 spiro atoms. The molecule has 2 rings (SSSR count). The molecule has 2 amide bonds. The normalized spacial score (nSPS) is 12.3. The fourth-order valence-corrected chi connectivity index (χ4v) is 4.70. The zero-order valence-corrected chi connectivity index (χ0v) is 22.0. The lowest BCUT2D eigenvalue weighted by Crippen LogP contribution is -2.49. The van der Waals surface area contributed by atoms with Gasteiger partial charge < -0.3 is 10.2 Å². The summed E-state index contributed by atoms with van der Waals surface area (Å²) in [6.45, 7) is 7.85. The second-order valence-electron chi connectivity index (χ2n) is 8.77. The molecule has 0 fully saturated rings. The molecule has 1 unspecified atom stereocenters. The molecule has 2 aromatic carbocycles. The summed E-state index contributed by atoms with van der Waals surface area (Å²) in [4.78, 5) is 27.5. The van der Waals surface area contributed by atoms with Gasteiger partial charge in [-0.1, -0.05) is 41.4 Å². The number of halogens is 1. The number of carbonyl (C=O) groups is 2. The third kappa shape index (κ3) is 8.33. The Morgan fingerprint density at radius 3 is 2.26 bits per heavy atom. The van der Waals surface area contributed by atoms with Crippen molar-refractivity contribution >= 4 is 39.1 Å². The van der Waals surface area contributed by atoms with Crippen molar-refractivity contribution in [2.24, 2.45) is 0 Å². The van der Waals surface area contributed by atoms with Crippen molar-refractivity contribution in [2.45, 2.75) is 59.2 Å². The first-order valence-corrected chi connectivity index (χ1v) is 13.5. The van der Waals surface area contributed by atoms with Gasteiger partial charge in [-0.05, 0) is 63.9 Å². The van der Waals surface area contributed by atoms with Crippen molar-refractivity contribution < 1.29 is 18.0 Å². The largest absolute Gasteiger partial charge is 0.352 e. The molecule has 0 aliphatic carbocycles. The number of aryl methyl sites for hydroxylation is 1. The molecular formula is C25H34ClN3O4S. The van der Waals surface area contributed by atoms with Crippen molar-refractivity contribution in [1.82, 2.24) is 10.2 Å². The van der Waals surface area contributed by atoms with Crippen LogP contribution in [0.1, 0.15) is 44.7 Å². The fourth-order valence-electron chi connectivity index (χ4n) is 3.61. The highest BCUT2D eigenvalue weighted by molar-refractivity contribution is 7.92. The average molecular weight is 508 g/mol. The number of hydrogen-bond acceptors (Lipinski definition) is 4. The molecular weight excluding hydrogens is 474 g/mol. The molecule has 9 heteroatoms. The van der Waals surface area contributed by atoms with Gasteiger partial charge in [0.2, 0.25) is 21.8 Å². The van der Waals surface area contributed by atoms with Crippen LogP contribution in [0.5, 0.6) is 0 Å². The first kappa shape index (κ1) is 27.7. The summed E-state index contributed by atoms with van der Waals surface area (Å²) < 4.78 is 25.9. The van der Waals surface area contributed by atoms with Crippen molar-refractivity contribution in [3.63, 3.8) is 0 Å². The highest BCUT2D eigenvalue weighted by Gasteiger charge is 2.27. The number of hydrogen-bond donors (Lipinski definition) is 1. The maximum absolute atomic E-state index is 13.2. The molecule has 2 aromatic rings. The van der Waals surface area contributed by atoms with Crippen LogP contribution in [0.3, 0.4) is 0 Å². The predicted molar refractivity (Wildman–Crippen MR) is 137 cm³/mol. The molecule has 0 aliphatic heterocycles. The number of sulfonamides is 1. The van der Waals surface area contributed by atoms with Gasteiger partial charge in [-0.2, -0.15) is 0 Å². The first-order valence-electron chi connectivity index (χ1n) is 11.3. The van der Waals surface area contributed by atoms with E-state index in [1.54, 1.807) is 36.1 Å². The molecule has 0 saturated heterocycles. The van der Waals surface area contributed by atoms with Crippen molar-refractivity contribution in [3.05, 3.63) is 64.7 Å². The quantitative estimate of drug-likeness (QED) is 0.495. The Morgan fingerprint density at radius 1 is 1.06 bits per heavy atom. The lowest BCUT2D eigenvalue weighted by atomic mass is 10.1. The Bertz CT molecular complexity index is 1090. The van der Waals surface area contributed by atoms with Crippen LogP contribution < -0.4 is 9.62 Å². The smallest absolute Gasteiger partial charge is 0.242 e. The van der Waals surface area contributed by atoms with Crippen LogP contribution in [0.4, 0.5) is 5.69 Å². The van der Waals surface area contributed by atoms with E-state index >= 15 is 0 Å². The molecule has 186 valence electrons. The minimum absolute atomic E-state index is 0.0476. The standard InChI is InChI=1S/C25H34ClN3O4S/c1-18(2)27-25(31)20(4)28(17-21-9-6-8-19(3)16-21)24(30)10-7-15-29(34(5,32)33)23-13-11-22(26)12-14-23/h6,8-9,11-14,16,18,20H,7,10,15,17H2,1-5H3,(H,27,31). The van der Waals surface area contributed by atoms with Crippen LogP contribution in [-0.4, -0.2) is 50.0 Å². The fraction of sp³-hybridized carbons (Fsp3) is 0.440. The van der Waals surface area contributed by atoms with Crippen molar-refractivity contribution in [3.8, 4) is 0 Å². The first-order chi connectivity index (χ1) is 15.9. The van der Waals surface area contributed by atoms with E-state index in [2.05, 4.69) is 5.32 Å². The average Bonchev–Trinajstić information content (AvgIpc) is 2.74. The van der Waals surface area contributed by atoms with E-state index < -0.39 is 16.1 Å². The number of carbonyl (C=O) groups excluding carboxylic acids is 2. The second kappa shape index (κ2) is 12.2. The third-order valence-corrected chi connectivity index (χ3v) is 6.75. The Kier molecular flexibility index (Phi) is 9.94. The molecule has 0 aliphatic rings. The number of nitrogens with one attached hydrogen (secondary N) is 1. The minimum Gasteiger partial charge on any atom is -0.352 e. The van der Waals surface area contributed by atoms with Gasteiger partial charge in [0.1, 0.15) is 6.04 Å². The maximum Gasteiger partial charge on any atom is 0.242 e. The van der Waals surface area contributed by atoms with Crippen LogP contribution in [0.2, 0.25) is 5.02 Å². The number of amides is 2. The van der Waals surface area contributed by atoms with E-state index in [0.717, 1.165) is 17.4 Å². The zero-order valence-electron chi connectivity index (χ0n) is 20.4. The third-order valence-electron chi connectivity index (χ3n) is 5.30. The zero-order chi connectivity index (χ0) is 25.5. The van der Waals surface area contributed by atoms with Crippen molar-refractivity contribution in [2.75, 3.05) is 17.1 Å². The highest BCUT2D eigenvalue weighted by atomic mass is 35.5. The molecule has 1 atom stereocenters. The SMILES string of the molecule is Cc1cccc(CN(C(=O)CCCN(c2ccc(Cl)cc2)S(C)(=O)=O)C(C)C(=O)NC(C)C)c1. The number of rotatable bonds is 11. The second-order valence-corrected chi connectivity index (χ2v) is 11.1. The van der Waals surface area contributed by atoms with E-state index in [9.17, 15) is 18.0 Å². The molecule has 7 nitrogen and oxygen atoms in total. The van der Waals surface area contributed by atoms with Gasteiger partial charge in [-0.3, -0.25) is 13.9 Å². The molecule has 1 N–H and O–H groups in total. The van der Waals surface area contributed by atoms with E-state index in [0.29, 0.717) is 23.7 Å². The molecule has 0 bridgehead atoms. The van der Waals surface area contributed by atoms with Gasteiger partial charge in [0.05, 0.1) is 11.9 Å². The summed E-state index contributed by atoms with van der Waals surface area (Å²) in [7, 11) is -3.54. The van der Waals surface area contributed by atoms with Crippen LogP contribution >= 0.6 is 11.6 Å². The summed E-state index contributed by atoms with van der Waals surface area (Å²) >= 11 is 5.92. The summed E-state index contributed by atoms with van der Waals surface area (Å²) in [5.74, 6) is -0.438. The van der Waals surface area contributed by atoms with E-state index in [-0.39, 0.29) is 30.8 Å². The lowest BCUT2D eigenvalue weighted by molar-refractivity contribution is -0.140. The monoisotopic (exact) mass is 507 g/mol. The molecule has 34 heavy (non-hydrogen) atoms. The summed E-state index contributed by atoms with van der Waals surface area (Å²) in [6.07, 6.45) is 1.54. The number of anilines is 1. The van der Waals surface area contributed by atoms with Crippen LogP contribution in [-0.2, 0) is 26.2 Å².